The molecule has 1 aromatic heterocycles. The summed E-state index contributed by atoms with van der Waals surface area (Å²) in [6, 6.07) is 0.169. The number of hydrazine groups is 1. The summed E-state index contributed by atoms with van der Waals surface area (Å²) in [5.74, 6) is 5.65. The van der Waals surface area contributed by atoms with Gasteiger partial charge in [0.1, 0.15) is 0 Å². The lowest BCUT2D eigenvalue weighted by atomic mass is 10.4. The highest BCUT2D eigenvalue weighted by molar-refractivity contribution is 5.75. The van der Waals surface area contributed by atoms with Gasteiger partial charge in [-0.3, -0.25) is 10.2 Å². The molecule has 0 fully saturated rings. The molecular formula is C9H17N7O2. The van der Waals surface area contributed by atoms with E-state index in [0.29, 0.717) is 25.5 Å². The fourth-order valence-electron chi connectivity index (χ4n) is 1.11. The number of hydrogen-bond donors (Lipinski definition) is 4. The first-order valence-electron chi connectivity index (χ1n) is 5.49. The third-order valence-corrected chi connectivity index (χ3v) is 1.93. The lowest BCUT2D eigenvalue weighted by Crippen LogP contribution is -2.21. The number of ether oxygens (including phenoxy) is 1. The Balaban J connectivity index is 2.63. The molecular weight excluding hydrogens is 238 g/mol. The third kappa shape index (κ3) is 4.37. The lowest BCUT2D eigenvalue weighted by Gasteiger charge is -2.08. The predicted octanol–water partition coefficient (Wildman–Crippen LogP) is -0.896. The van der Waals surface area contributed by atoms with Crippen LogP contribution in [0.4, 0.5) is 11.9 Å². The van der Waals surface area contributed by atoms with Crippen LogP contribution in [0.2, 0.25) is 0 Å². The Labute approximate surface area is 105 Å². The Bertz CT molecular complexity index is 399. The molecule has 0 bridgehead atoms. The van der Waals surface area contributed by atoms with E-state index in [4.69, 9.17) is 10.6 Å². The minimum Gasteiger partial charge on any atom is -0.464 e. The molecule has 1 rings (SSSR count). The molecule has 18 heavy (non-hydrogen) atoms. The second-order valence-corrected chi connectivity index (χ2v) is 3.19. The van der Waals surface area contributed by atoms with Gasteiger partial charge >= 0.3 is 6.01 Å². The van der Waals surface area contributed by atoms with Crippen LogP contribution >= 0.6 is 0 Å². The maximum Gasteiger partial charge on any atom is 0.323 e. The van der Waals surface area contributed by atoms with Crippen LogP contribution in [0.5, 0.6) is 6.01 Å². The van der Waals surface area contributed by atoms with Crippen molar-refractivity contribution in [3.8, 4) is 6.01 Å². The molecule has 0 saturated heterocycles. The zero-order valence-corrected chi connectivity index (χ0v) is 10.4. The van der Waals surface area contributed by atoms with Gasteiger partial charge in [0.2, 0.25) is 17.8 Å². The monoisotopic (exact) mass is 255 g/mol. The van der Waals surface area contributed by atoms with Crippen LogP contribution in [-0.2, 0) is 4.79 Å². The Morgan fingerprint density at radius 3 is 2.67 bits per heavy atom. The van der Waals surface area contributed by atoms with Gasteiger partial charge in [-0.05, 0) is 6.92 Å². The fraction of sp³-hybridized carbons (Fsp3) is 0.556. The fourth-order valence-corrected chi connectivity index (χ4v) is 1.11. The average Bonchev–Trinajstić information content (AvgIpc) is 2.38. The van der Waals surface area contributed by atoms with Crippen LogP contribution in [0.25, 0.3) is 0 Å². The van der Waals surface area contributed by atoms with E-state index >= 15 is 0 Å². The molecule has 0 aliphatic carbocycles. The van der Waals surface area contributed by atoms with Crippen LogP contribution in [-0.4, -0.2) is 41.1 Å². The van der Waals surface area contributed by atoms with Crippen molar-refractivity contribution in [1.82, 2.24) is 20.3 Å². The zero-order chi connectivity index (χ0) is 13.4. The van der Waals surface area contributed by atoms with E-state index < -0.39 is 0 Å². The summed E-state index contributed by atoms with van der Waals surface area (Å²) >= 11 is 0. The first-order chi connectivity index (χ1) is 8.69. The molecule has 9 nitrogen and oxygen atoms in total. The van der Waals surface area contributed by atoms with E-state index in [9.17, 15) is 4.79 Å². The van der Waals surface area contributed by atoms with Gasteiger partial charge in [-0.2, -0.15) is 15.0 Å². The van der Waals surface area contributed by atoms with Gasteiger partial charge < -0.3 is 15.4 Å². The Morgan fingerprint density at radius 1 is 1.33 bits per heavy atom. The molecule has 0 aliphatic rings. The topological polar surface area (TPSA) is 127 Å². The second kappa shape index (κ2) is 7.22. The van der Waals surface area contributed by atoms with E-state index in [-0.39, 0.29) is 17.9 Å². The number of hydrogen-bond acceptors (Lipinski definition) is 8. The average molecular weight is 255 g/mol. The van der Waals surface area contributed by atoms with Crippen molar-refractivity contribution < 1.29 is 9.53 Å². The highest BCUT2D eigenvalue weighted by Gasteiger charge is 2.06. The van der Waals surface area contributed by atoms with Crippen LogP contribution in [0.3, 0.4) is 0 Å². The molecule has 0 atom stereocenters. The molecule has 1 aromatic rings. The molecule has 0 unspecified atom stereocenters. The summed E-state index contributed by atoms with van der Waals surface area (Å²) in [5, 5.41) is 5.40. The maximum absolute atomic E-state index is 11.0. The molecule has 1 amide bonds. The van der Waals surface area contributed by atoms with Crippen LogP contribution in [0.15, 0.2) is 0 Å². The predicted molar refractivity (Wildman–Crippen MR) is 66.0 cm³/mol. The minimum absolute atomic E-state index is 0.0706. The number of rotatable bonds is 7. The van der Waals surface area contributed by atoms with Crippen molar-refractivity contribution in [2.45, 2.75) is 13.3 Å². The van der Waals surface area contributed by atoms with Gasteiger partial charge in [0, 0.05) is 20.0 Å². The smallest absolute Gasteiger partial charge is 0.323 e. The van der Waals surface area contributed by atoms with Crippen LogP contribution < -0.4 is 26.6 Å². The van der Waals surface area contributed by atoms with Crippen molar-refractivity contribution in [3.63, 3.8) is 0 Å². The molecule has 0 saturated carbocycles. The SMILES string of the molecule is CCOc1nc(NN)nc(NCCC(=O)NC)n1. The first-order valence-corrected chi connectivity index (χ1v) is 5.49. The lowest BCUT2D eigenvalue weighted by molar-refractivity contribution is -0.120. The number of nitrogens with two attached hydrogens (primary N) is 1. The molecule has 0 radical (unpaired) electrons. The number of carbonyl (C=O) groups is 1. The molecule has 0 aliphatic heterocycles. The van der Waals surface area contributed by atoms with Crippen LogP contribution in [0.1, 0.15) is 13.3 Å². The van der Waals surface area contributed by atoms with Gasteiger partial charge in [-0.25, -0.2) is 5.84 Å². The Morgan fingerprint density at radius 2 is 2.06 bits per heavy atom. The number of anilines is 2. The number of aromatic nitrogens is 3. The summed E-state index contributed by atoms with van der Waals surface area (Å²) in [4.78, 5) is 22.9. The van der Waals surface area contributed by atoms with Gasteiger partial charge in [-0.1, -0.05) is 0 Å². The standard InChI is InChI=1S/C9H17N7O2/c1-3-18-9-14-7(13-8(15-9)16-10)12-5-4-6(17)11-2/h3-5,10H2,1-2H3,(H,11,17)(H2,12,13,14,15,16). The number of nitrogens with zero attached hydrogens (tertiary/aromatic N) is 3. The van der Waals surface area contributed by atoms with Crippen molar-refractivity contribution in [2.24, 2.45) is 5.84 Å². The van der Waals surface area contributed by atoms with Crippen molar-refractivity contribution >= 4 is 17.8 Å². The molecule has 1 heterocycles. The van der Waals surface area contributed by atoms with Crippen LogP contribution in [0, 0.1) is 0 Å². The molecule has 9 heteroatoms. The van der Waals surface area contributed by atoms with E-state index in [1.807, 2.05) is 6.92 Å². The highest BCUT2D eigenvalue weighted by Crippen LogP contribution is 2.10. The Kier molecular flexibility index (Phi) is 5.58. The van der Waals surface area contributed by atoms with Crippen molar-refractivity contribution in [3.05, 3.63) is 0 Å². The van der Waals surface area contributed by atoms with Gasteiger partial charge in [0.05, 0.1) is 6.61 Å². The molecule has 5 N–H and O–H groups in total. The van der Waals surface area contributed by atoms with E-state index in [1.165, 1.54) is 0 Å². The summed E-state index contributed by atoms with van der Waals surface area (Å²) in [6.07, 6.45) is 0.317. The Hall–Kier alpha value is -2.16. The first kappa shape index (κ1) is 13.9. The quantitative estimate of drug-likeness (QED) is 0.365. The summed E-state index contributed by atoms with van der Waals surface area (Å²) in [6.45, 7) is 2.66. The second-order valence-electron chi connectivity index (χ2n) is 3.19. The number of nitrogens with one attached hydrogen (secondary N) is 3. The minimum atomic E-state index is -0.0706. The number of nitrogen functional groups attached to an aromatic ring is 1. The summed E-state index contributed by atoms with van der Waals surface area (Å²) < 4.78 is 5.16. The molecule has 0 aromatic carbocycles. The van der Waals surface area contributed by atoms with Gasteiger partial charge in [0.15, 0.2) is 0 Å². The zero-order valence-electron chi connectivity index (χ0n) is 10.4. The van der Waals surface area contributed by atoms with Gasteiger partial charge in [0.25, 0.3) is 0 Å². The molecule has 0 spiro atoms. The van der Waals surface area contributed by atoms with Gasteiger partial charge in [-0.15, -0.1) is 0 Å². The molecule has 100 valence electrons. The number of carbonyl (C=O) groups excluding carboxylic acids is 1. The number of amides is 1. The highest BCUT2D eigenvalue weighted by atomic mass is 16.5. The third-order valence-electron chi connectivity index (χ3n) is 1.93. The van der Waals surface area contributed by atoms with Crippen molar-refractivity contribution in [2.75, 3.05) is 30.9 Å². The normalized spacial score (nSPS) is 9.72. The summed E-state index contributed by atoms with van der Waals surface area (Å²) in [7, 11) is 1.58. The maximum atomic E-state index is 11.0. The van der Waals surface area contributed by atoms with Crippen molar-refractivity contribution in [1.29, 1.82) is 0 Å². The van der Waals surface area contributed by atoms with E-state index in [2.05, 4.69) is 31.0 Å². The van der Waals surface area contributed by atoms with E-state index in [1.54, 1.807) is 7.05 Å². The largest absolute Gasteiger partial charge is 0.464 e. The van der Waals surface area contributed by atoms with E-state index in [0.717, 1.165) is 0 Å². The summed E-state index contributed by atoms with van der Waals surface area (Å²) in [5.41, 5.74) is 2.32.